The second-order valence-electron chi connectivity index (χ2n) is 4.92. The van der Waals surface area contributed by atoms with Gasteiger partial charge < -0.3 is 10.3 Å². The number of rotatable bonds is 3. The number of hydrogen-bond donors (Lipinski definition) is 1. The Kier molecular flexibility index (Phi) is 3.11. The predicted molar refractivity (Wildman–Crippen MR) is 70.0 cm³/mol. The fraction of sp³-hybridized carbons (Fsp3) is 0.429. The predicted octanol–water partition coefficient (Wildman–Crippen LogP) is 2.44. The van der Waals surface area contributed by atoms with Gasteiger partial charge in [-0.05, 0) is 18.4 Å². The van der Waals surface area contributed by atoms with Crippen molar-refractivity contribution in [3.8, 4) is 0 Å². The van der Waals surface area contributed by atoms with Gasteiger partial charge in [-0.3, -0.25) is 0 Å². The molecule has 2 N–H and O–H groups in total. The number of benzene rings is 1. The summed E-state index contributed by atoms with van der Waals surface area (Å²) in [6.45, 7) is 0. The number of nitrogens with two attached hydrogens (primary N) is 1. The Bertz CT molecular complexity index is 500. The van der Waals surface area contributed by atoms with Crippen LogP contribution in [-0.4, -0.2) is 14.8 Å². The molecule has 1 aromatic heterocycles. The van der Waals surface area contributed by atoms with Crippen LogP contribution in [0.2, 0.25) is 0 Å². The van der Waals surface area contributed by atoms with Gasteiger partial charge in [0.05, 0.1) is 6.04 Å². The van der Waals surface area contributed by atoms with Gasteiger partial charge in [0.15, 0.2) is 5.82 Å². The van der Waals surface area contributed by atoms with Crippen LogP contribution in [-0.2, 0) is 0 Å². The molecule has 0 spiro atoms. The van der Waals surface area contributed by atoms with Gasteiger partial charge in [-0.25, -0.2) is 0 Å². The van der Waals surface area contributed by atoms with E-state index in [1.54, 1.807) is 0 Å². The summed E-state index contributed by atoms with van der Waals surface area (Å²) in [7, 11) is 0. The molecule has 0 aliphatic heterocycles. The van der Waals surface area contributed by atoms with Crippen molar-refractivity contribution in [1.82, 2.24) is 14.8 Å². The molecule has 1 aliphatic carbocycles. The van der Waals surface area contributed by atoms with E-state index in [0.29, 0.717) is 6.04 Å². The normalized spacial score (nSPS) is 18.1. The van der Waals surface area contributed by atoms with Gasteiger partial charge in [0.25, 0.3) is 0 Å². The first kappa shape index (κ1) is 11.4. The third kappa shape index (κ3) is 2.04. The summed E-state index contributed by atoms with van der Waals surface area (Å²) in [5.74, 6) is 0.883. The van der Waals surface area contributed by atoms with Crippen molar-refractivity contribution in [3.05, 3.63) is 48.0 Å². The molecule has 3 rings (SSSR count). The molecule has 0 unspecified atom stereocenters. The minimum absolute atomic E-state index is 0.186. The molecule has 0 radical (unpaired) electrons. The zero-order chi connectivity index (χ0) is 12.4. The lowest BCUT2D eigenvalue weighted by Gasteiger charge is -2.17. The van der Waals surface area contributed by atoms with E-state index in [-0.39, 0.29) is 6.04 Å². The van der Waals surface area contributed by atoms with E-state index in [9.17, 15) is 0 Å². The maximum absolute atomic E-state index is 6.31. The molecule has 1 heterocycles. The lowest BCUT2D eigenvalue weighted by atomic mass is 10.1. The second kappa shape index (κ2) is 4.90. The maximum atomic E-state index is 6.31. The molecule has 1 atom stereocenters. The molecule has 0 amide bonds. The molecule has 1 aromatic carbocycles. The molecular formula is C14H18N4. The lowest BCUT2D eigenvalue weighted by molar-refractivity contribution is 0.487. The SMILES string of the molecule is N[C@@H](c1ccccc1)c1nncn1C1CCCC1. The van der Waals surface area contributed by atoms with Crippen LogP contribution >= 0.6 is 0 Å². The van der Waals surface area contributed by atoms with Crippen LogP contribution < -0.4 is 5.73 Å². The topological polar surface area (TPSA) is 56.7 Å². The van der Waals surface area contributed by atoms with Gasteiger partial charge >= 0.3 is 0 Å². The third-order valence-electron chi connectivity index (χ3n) is 3.76. The average molecular weight is 242 g/mol. The van der Waals surface area contributed by atoms with Gasteiger partial charge in [-0.1, -0.05) is 43.2 Å². The average Bonchev–Trinajstić information content (AvgIpc) is 3.09. The fourth-order valence-corrected chi connectivity index (χ4v) is 2.75. The highest BCUT2D eigenvalue weighted by Crippen LogP contribution is 2.31. The van der Waals surface area contributed by atoms with Crippen LogP contribution in [0.25, 0.3) is 0 Å². The summed E-state index contributed by atoms with van der Waals surface area (Å²) in [4.78, 5) is 0. The highest BCUT2D eigenvalue weighted by atomic mass is 15.3. The fourth-order valence-electron chi connectivity index (χ4n) is 2.75. The van der Waals surface area contributed by atoms with Crippen LogP contribution in [0.5, 0.6) is 0 Å². The first-order valence-corrected chi connectivity index (χ1v) is 6.56. The van der Waals surface area contributed by atoms with Gasteiger partial charge in [0.2, 0.25) is 0 Å². The van der Waals surface area contributed by atoms with E-state index < -0.39 is 0 Å². The summed E-state index contributed by atoms with van der Waals surface area (Å²) < 4.78 is 2.17. The van der Waals surface area contributed by atoms with Crippen molar-refractivity contribution in [1.29, 1.82) is 0 Å². The highest BCUT2D eigenvalue weighted by molar-refractivity contribution is 5.24. The van der Waals surface area contributed by atoms with Crippen LogP contribution in [0, 0.1) is 0 Å². The first-order chi connectivity index (χ1) is 8.86. The van der Waals surface area contributed by atoms with Crippen LogP contribution in [0.15, 0.2) is 36.7 Å². The van der Waals surface area contributed by atoms with E-state index in [2.05, 4.69) is 14.8 Å². The molecule has 1 fully saturated rings. The summed E-state index contributed by atoms with van der Waals surface area (Å²) in [6.07, 6.45) is 6.85. The lowest BCUT2D eigenvalue weighted by Crippen LogP contribution is -2.19. The molecule has 4 heteroatoms. The van der Waals surface area contributed by atoms with Crippen molar-refractivity contribution in [2.45, 2.75) is 37.8 Å². The van der Waals surface area contributed by atoms with E-state index >= 15 is 0 Å². The zero-order valence-electron chi connectivity index (χ0n) is 10.4. The second-order valence-corrected chi connectivity index (χ2v) is 4.92. The summed E-state index contributed by atoms with van der Waals surface area (Å²) in [5.41, 5.74) is 7.39. The van der Waals surface area contributed by atoms with Crippen molar-refractivity contribution in [2.24, 2.45) is 5.73 Å². The Balaban J connectivity index is 1.90. The monoisotopic (exact) mass is 242 g/mol. The van der Waals surface area contributed by atoms with Gasteiger partial charge in [-0.15, -0.1) is 10.2 Å². The number of aromatic nitrogens is 3. The molecule has 94 valence electrons. The Morgan fingerprint density at radius 2 is 1.89 bits per heavy atom. The van der Waals surface area contributed by atoms with Gasteiger partial charge in [-0.2, -0.15) is 0 Å². The van der Waals surface area contributed by atoms with E-state index in [4.69, 9.17) is 5.73 Å². The van der Waals surface area contributed by atoms with Crippen LogP contribution in [0.1, 0.15) is 49.2 Å². The van der Waals surface area contributed by atoms with E-state index in [1.165, 1.54) is 25.7 Å². The smallest absolute Gasteiger partial charge is 0.154 e. The molecule has 4 nitrogen and oxygen atoms in total. The van der Waals surface area contributed by atoms with Crippen molar-refractivity contribution >= 4 is 0 Å². The minimum atomic E-state index is -0.186. The largest absolute Gasteiger partial charge is 0.318 e. The summed E-state index contributed by atoms with van der Waals surface area (Å²) >= 11 is 0. The third-order valence-corrected chi connectivity index (χ3v) is 3.76. The van der Waals surface area contributed by atoms with E-state index in [1.807, 2.05) is 36.7 Å². The molecular weight excluding hydrogens is 224 g/mol. The number of nitrogens with zero attached hydrogens (tertiary/aromatic N) is 3. The Hall–Kier alpha value is -1.68. The van der Waals surface area contributed by atoms with Gasteiger partial charge in [0, 0.05) is 6.04 Å². The summed E-state index contributed by atoms with van der Waals surface area (Å²) in [5, 5.41) is 8.27. The van der Waals surface area contributed by atoms with Crippen molar-refractivity contribution in [2.75, 3.05) is 0 Å². The minimum Gasteiger partial charge on any atom is -0.318 e. The van der Waals surface area contributed by atoms with Crippen molar-refractivity contribution in [3.63, 3.8) is 0 Å². The molecule has 18 heavy (non-hydrogen) atoms. The Morgan fingerprint density at radius 1 is 1.17 bits per heavy atom. The molecule has 1 saturated carbocycles. The zero-order valence-corrected chi connectivity index (χ0v) is 10.4. The summed E-state index contributed by atoms with van der Waals surface area (Å²) in [6, 6.07) is 10.4. The van der Waals surface area contributed by atoms with Crippen LogP contribution in [0.4, 0.5) is 0 Å². The quantitative estimate of drug-likeness (QED) is 0.899. The van der Waals surface area contributed by atoms with Gasteiger partial charge in [0.1, 0.15) is 6.33 Å². The highest BCUT2D eigenvalue weighted by Gasteiger charge is 2.23. The van der Waals surface area contributed by atoms with Crippen molar-refractivity contribution < 1.29 is 0 Å². The molecule has 0 saturated heterocycles. The first-order valence-electron chi connectivity index (χ1n) is 6.56. The molecule has 0 bridgehead atoms. The van der Waals surface area contributed by atoms with Crippen LogP contribution in [0.3, 0.4) is 0 Å². The number of hydrogen-bond acceptors (Lipinski definition) is 3. The Labute approximate surface area is 107 Å². The molecule has 1 aliphatic rings. The maximum Gasteiger partial charge on any atom is 0.154 e. The van der Waals surface area contributed by atoms with E-state index in [0.717, 1.165) is 11.4 Å². The molecule has 2 aromatic rings. The standard InChI is InChI=1S/C14H18N4/c15-13(11-6-2-1-3-7-11)14-17-16-10-18(14)12-8-4-5-9-12/h1-3,6-7,10,12-13H,4-5,8-9,15H2/t13-/m0/s1. The Morgan fingerprint density at radius 3 is 2.61 bits per heavy atom.